The molecule has 0 heterocycles. The van der Waals surface area contributed by atoms with Crippen LogP contribution >= 0.6 is 0 Å². The van der Waals surface area contributed by atoms with Gasteiger partial charge in [0.1, 0.15) is 11.6 Å². The van der Waals surface area contributed by atoms with Gasteiger partial charge in [0.15, 0.2) is 0 Å². The van der Waals surface area contributed by atoms with Crippen molar-refractivity contribution in [2.75, 3.05) is 0 Å². The second-order valence-electron chi connectivity index (χ2n) is 2.33. The van der Waals surface area contributed by atoms with E-state index in [2.05, 4.69) is 6.58 Å². The third-order valence-corrected chi connectivity index (χ3v) is 1.50. The van der Waals surface area contributed by atoms with E-state index in [-0.39, 0.29) is 5.56 Å². The maximum Gasteiger partial charge on any atom is 0.130 e. The van der Waals surface area contributed by atoms with Gasteiger partial charge in [0.25, 0.3) is 0 Å². The summed E-state index contributed by atoms with van der Waals surface area (Å²) in [7, 11) is 0. The molecule has 0 saturated carbocycles. The molecule has 0 spiro atoms. The minimum absolute atomic E-state index is 0.202. The summed E-state index contributed by atoms with van der Waals surface area (Å²) in [5.74, 6) is -0.833. The van der Waals surface area contributed by atoms with Crippen molar-refractivity contribution in [2.45, 2.75) is 6.92 Å². The molecule has 1 rings (SSSR count). The Morgan fingerprint density at radius 1 is 1.27 bits per heavy atom. The van der Waals surface area contributed by atoms with Gasteiger partial charge in [-0.3, -0.25) is 0 Å². The van der Waals surface area contributed by atoms with Gasteiger partial charge in [-0.05, 0) is 24.6 Å². The maximum absolute atomic E-state index is 12.8. The molecule has 58 valence electrons. The van der Waals surface area contributed by atoms with Crippen LogP contribution in [-0.2, 0) is 0 Å². The maximum atomic E-state index is 12.8. The first kappa shape index (κ1) is 7.92. The number of hydrogen-bond donors (Lipinski definition) is 0. The molecule has 0 radical (unpaired) electrons. The molecule has 0 bridgehead atoms. The zero-order chi connectivity index (χ0) is 8.43. The summed E-state index contributed by atoms with van der Waals surface area (Å²) in [6.45, 7) is 4.88. The van der Waals surface area contributed by atoms with Gasteiger partial charge in [-0.1, -0.05) is 12.7 Å². The van der Waals surface area contributed by atoms with Gasteiger partial charge in [0.2, 0.25) is 0 Å². The predicted molar refractivity (Wildman–Crippen MR) is 41.2 cm³/mol. The molecule has 0 fully saturated rings. The summed E-state index contributed by atoms with van der Waals surface area (Å²) in [5.41, 5.74) is 0.515. The minimum Gasteiger partial charge on any atom is -0.207 e. The Bertz CT molecular complexity index is 290. The quantitative estimate of drug-likeness (QED) is 0.583. The van der Waals surface area contributed by atoms with E-state index >= 15 is 0 Å². The highest BCUT2D eigenvalue weighted by Crippen LogP contribution is 2.14. The number of halogens is 2. The third kappa shape index (κ3) is 1.45. The zero-order valence-corrected chi connectivity index (χ0v) is 6.20. The van der Waals surface area contributed by atoms with Crippen LogP contribution in [0.25, 0.3) is 6.08 Å². The molecule has 0 aromatic heterocycles. The lowest BCUT2D eigenvalue weighted by atomic mass is 10.1. The number of aryl methyl sites for hydroxylation is 1. The van der Waals surface area contributed by atoms with Gasteiger partial charge >= 0.3 is 0 Å². The van der Waals surface area contributed by atoms with Crippen LogP contribution in [0.5, 0.6) is 0 Å². The third-order valence-electron chi connectivity index (χ3n) is 1.50. The van der Waals surface area contributed by atoms with Crippen molar-refractivity contribution in [2.24, 2.45) is 0 Å². The van der Waals surface area contributed by atoms with Gasteiger partial charge < -0.3 is 0 Å². The second-order valence-corrected chi connectivity index (χ2v) is 2.33. The molecule has 0 atom stereocenters. The fraction of sp³-hybridized carbons (Fsp3) is 0.111. The van der Waals surface area contributed by atoms with E-state index in [9.17, 15) is 8.78 Å². The Balaban J connectivity index is 3.31. The van der Waals surface area contributed by atoms with Crippen molar-refractivity contribution in [1.29, 1.82) is 0 Å². The minimum atomic E-state index is -0.432. The highest BCUT2D eigenvalue weighted by molar-refractivity contribution is 5.48. The standard InChI is InChI=1S/C9H8F2/c1-3-7-5-8(10)6(2)4-9(7)11/h3-5H,1H2,2H3. The largest absolute Gasteiger partial charge is 0.207 e. The Kier molecular flexibility index (Phi) is 2.03. The Morgan fingerprint density at radius 3 is 2.45 bits per heavy atom. The molecular weight excluding hydrogens is 146 g/mol. The van der Waals surface area contributed by atoms with Crippen molar-refractivity contribution in [3.8, 4) is 0 Å². The van der Waals surface area contributed by atoms with Crippen LogP contribution in [0.1, 0.15) is 11.1 Å². The van der Waals surface area contributed by atoms with Gasteiger partial charge in [-0.15, -0.1) is 0 Å². The first-order chi connectivity index (χ1) is 5.15. The first-order valence-electron chi connectivity index (χ1n) is 3.23. The fourth-order valence-electron chi connectivity index (χ4n) is 0.818. The van der Waals surface area contributed by atoms with E-state index in [0.717, 1.165) is 12.1 Å². The number of hydrogen-bond acceptors (Lipinski definition) is 0. The lowest BCUT2D eigenvalue weighted by molar-refractivity contribution is 0.590. The van der Waals surface area contributed by atoms with E-state index in [1.165, 1.54) is 13.0 Å². The molecule has 1 aromatic rings. The van der Waals surface area contributed by atoms with Crippen LogP contribution in [0.2, 0.25) is 0 Å². The van der Waals surface area contributed by atoms with Crippen LogP contribution in [0, 0.1) is 18.6 Å². The smallest absolute Gasteiger partial charge is 0.130 e. The Hall–Kier alpha value is -1.18. The summed E-state index contributed by atoms with van der Waals surface area (Å²) in [5, 5.41) is 0. The molecule has 11 heavy (non-hydrogen) atoms. The van der Waals surface area contributed by atoms with Gasteiger partial charge in [-0.2, -0.15) is 0 Å². The van der Waals surface area contributed by atoms with Crippen molar-refractivity contribution in [1.82, 2.24) is 0 Å². The van der Waals surface area contributed by atoms with Crippen molar-refractivity contribution in [3.05, 3.63) is 41.5 Å². The normalized spacial score (nSPS) is 9.73. The zero-order valence-electron chi connectivity index (χ0n) is 6.20. The van der Waals surface area contributed by atoms with Crippen LogP contribution < -0.4 is 0 Å². The molecule has 0 unspecified atom stereocenters. The van der Waals surface area contributed by atoms with Crippen molar-refractivity contribution >= 4 is 6.08 Å². The van der Waals surface area contributed by atoms with Crippen LogP contribution in [0.4, 0.5) is 8.78 Å². The summed E-state index contributed by atoms with van der Waals surface area (Å²) in [6, 6.07) is 2.30. The monoisotopic (exact) mass is 154 g/mol. The molecule has 0 nitrogen and oxygen atoms in total. The topological polar surface area (TPSA) is 0 Å². The molecule has 1 aromatic carbocycles. The molecular formula is C9H8F2. The molecule has 0 amide bonds. The van der Waals surface area contributed by atoms with E-state index in [1.807, 2.05) is 0 Å². The number of rotatable bonds is 1. The van der Waals surface area contributed by atoms with Crippen LogP contribution in [0.15, 0.2) is 18.7 Å². The van der Waals surface area contributed by atoms with Crippen molar-refractivity contribution in [3.63, 3.8) is 0 Å². The SMILES string of the molecule is C=Cc1cc(F)c(C)cc1F. The molecule has 2 heteroatoms. The molecule has 0 aliphatic rings. The number of benzene rings is 1. The van der Waals surface area contributed by atoms with Crippen LogP contribution in [0.3, 0.4) is 0 Å². The lowest BCUT2D eigenvalue weighted by Gasteiger charge is -1.99. The Morgan fingerprint density at radius 2 is 1.91 bits per heavy atom. The summed E-state index contributed by atoms with van der Waals surface area (Å²) >= 11 is 0. The van der Waals surface area contributed by atoms with Gasteiger partial charge in [0.05, 0.1) is 0 Å². The van der Waals surface area contributed by atoms with Crippen LogP contribution in [-0.4, -0.2) is 0 Å². The molecule has 0 aliphatic heterocycles. The first-order valence-corrected chi connectivity index (χ1v) is 3.23. The highest BCUT2D eigenvalue weighted by Gasteiger charge is 2.02. The molecule has 0 N–H and O–H groups in total. The highest BCUT2D eigenvalue weighted by atomic mass is 19.1. The summed E-state index contributed by atoms with van der Waals surface area (Å²) in [4.78, 5) is 0. The van der Waals surface area contributed by atoms with E-state index < -0.39 is 11.6 Å². The fourth-order valence-corrected chi connectivity index (χ4v) is 0.818. The second kappa shape index (κ2) is 2.82. The summed E-state index contributed by atoms with van der Waals surface area (Å²) in [6.07, 6.45) is 1.29. The average Bonchev–Trinajstić information content (AvgIpc) is 1.97. The van der Waals surface area contributed by atoms with E-state index in [0.29, 0.717) is 5.56 Å². The lowest BCUT2D eigenvalue weighted by Crippen LogP contribution is -1.88. The van der Waals surface area contributed by atoms with Gasteiger partial charge in [-0.25, -0.2) is 8.78 Å². The van der Waals surface area contributed by atoms with Gasteiger partial charge in [0, 0.05) is 5.56 Å². The van der Waals surface area contributed by atoms with E-state index in [1.54, 1.807) is 0 Å². The average molecular weight is 154 g/mol. The summed E-state index contributed by atoms with van der Waals surface area (Å²) < 4.78 is 25.5. The predicted octanol–water partition coefficient (Wildman–Crippen LogP) is 2.92. The molecule has 0 saturated heterocycles. The van der Waals surface area contributed by atoms with E-state index in [4.69, 9.17) is 0 Å². The van der Waals surface area contributed by atoms with Crippen molar-refractivity contribution < 1.29 is 8.78 Å². The Labute approximate surface area is 64.2 Å². The molecule has 0 aliphatic carbocycles.